The molecule has 110 valence electrons. The summed E-state index contributed by atoms with van der Waals surface area (Å²) in [4.78, 5) is 0.305. The number of halogens is 1. The smallest absolute Gasteiger partial charge is 0.207 e. The summed E-state index contributed by atoms with van der Waals surface area (Å²) >= 11 is 0. The second kappa shape index (κ2) is 5.58. The summed E-state index contributed by atoms with van der Waals surface area (Å²) in [5, 5.41) is 0. The summed E-state index contributed by atoms with van der Waals surface area (Å²) in [6.07, 6.45) is 1.58. The quantitative estimate of drug-likeness (QED) is 0.872. The van der Waals surface area contributed by atoms with Crippen LogP contribution in [0.3, 0.4) is 0 Å². The molecule has 1 aliphatic rings. The average Bonchev–Trinajstić information content (AvgIpc) is 2.99. The van der Waals surface area contributed by atoms with E-state index in [1.54, 1.807) is 42.5 Å². The summed E-state index contributed by atoms with van der Waals surface area (Å²) in [5.41, 5.74) is 0.841. The maximum absolute atomic E-state index is 13.0. The lowest BCUT2D eigenvalue weighted by Gasteiger charge is -2.24. The molecule has 3 nitrogen and oxygen atoms in total. The molecule has 0 aliphatic carbocycles. The summed E-state index contributed by atoms with van der Waals surface area (Å²) in [5.74, 6) is -0.311. The van der Waals surface area contributed by atoms with Crippen LogP contribution in [0.4, 0.5) is 4.39 Å². The van der Waals surface area contributed by atoms with E-state index in [0.717, 1.165) is 18.4 Å². The van der Waals surface area contributed by atoms with Crippen LogP contribution in [0.25, 0.3) is 0 Å². The Morgan fingerprint density at radius 2 is 1.67 bits per heavy atom. The molecule has 0 aromatic heterocycles. The minimum Gasteiger partial charge on any atom is -0.207 e. The van der Waals surface area contributed by atoms with Gasteiger partial charge in [0.25, 0.3) is 0 Å². The van der Waals surface area contributed by atoms with Gasteiger partial charge in [-0.3, -0.25) is 0 Å². The first kappa shape index (κ1) is 14.2. The van der Waals surface area contributed by atoms with Gasteiger partial charge in [-0.1, -0.05) is 30.3 Å². The lowest BCUT2D eigenvalue weighted by Crippen LogP contribution is -2.30. The highest BCUT2D eigenvalue weighted by molar-refractivity contribution is 7.89. The molecule has 0 bridgehead atoms. The second-order valence-corrected chi connectivity index (χ2v) is 7.03. The van der Waals surface area contributed by atoms with Crippen molar-refractivity contribution in [2.75, 3.05) is 6.54 Å². The molecule has 0 saturated carbocycles. The Labute approximate surface area is 124 Å². The van der Waals surface area contributed by atoms with Gasteiger partial charge in [-0.25, -0.2) is 12.8 Å². The molecule has 0 radical (unpaired) electrons. The third kappa shape index (κ3) is 2.71. The van der Waals surface area contributed by atoms with Gasteiger partial charge in [-0.05, 0) is 42.7 Å². The van der Waals surface area contributed by atoms with Crippen LogP contribution in [0.1, 0.15) is 24.4 Å². The highest BCUT2D eigenvalue weighted by Gasteiger charge is 2.35. The highest BCUT2D eigenvalue weighted by atomic mass is 32.2. The fraction of sp³-hybridized carbons (Fsp3) is 0.250. The standard InChI is InChI=1S/C16H16FNO2S/c17-14-10-8-13(9-11-14)16-7-4-12-18(16)21(19,20)15-5-2-1-3-6-15/h1-3,5-6,8-11,16H,4,7,12H2. The van der Waals surface area contributed by atoms with E-state index in [0.29, 0.717) is 11.4 Å². The third-order valence-corrected chi connectivity index (χ3v) is 5.73. The Balaban J connectivity index is 1.96. The number of nitrogens with zero attached hydrogens (tertiary/aromatic N) is 1. The molecule has 21 heavy (non-hydrogen) atoms. The predicted octanol–water partition coefficient (Wildman–Crippen LogP) is 3.35. The van der Waals surface area contributed by atoms with E-state index in [-0.39, 0.29) is 11.9 Å². The second-order valence-electron chi connectivity index (χ2n) is 5.14. The molecule has 1 atom stereocenters. The zero-order valence-electron chi connectivity index (χ0n) is 11.4. The Hall–Kier alpha value is -1.72. The molecule has 2 aromatic carbocycles. The molecule has 1 fully saturated rings. The zero-order chi connectivity index (χ0) is 14.9. The van der Waals surface area contributed by atoms with Crippen LogP contribution in [-0.4, -0.2) is 19.3 Å². The molecule has 3 rings (SSSR count). The van der Waals surface area contributed by atoms with Crippen LogP contribution < -0.4 is 0 Å². The van der Waals surface area contributed by atoms with E-state index in [9.17, 15) is 12.8 Å². The van der Waals surface area contributed by atoms with Crippen LogP contribution in [0.5, 0.6) is 0 Å². The van der Waals surface area contributed by atoms with Crippen LogP contribution in [0.15, 0.2) is 59.5 Å². The molecule has 0 N–H and O–H groups in total. The van der Waals surface area contributed by atoms with Crippen molar-refractivity contribution >= 4 is 10.0 Å². The van der Waals surface area contributed by atoms with Gasteiger partial charge in [0, 0.05) is 6.54 Å². The largest absolute Gasteiger partial charge is 0.243 e. The topological polar surface area (TPSA) is 37.4 Å². The number of rotatable bonds is 3. The van der Waals surface area contributed by atoms with Crippen molar-refractivity contribution in [3.05, 3.63) is 66.0 Å². The Bertz CT molecular complexity index is 714. The van der Waals surface area contributed by atoms with Crippen molar-refractivity contribution in [2.45, 2.75) is 23.8 Å². The van der Waals surface area contributed by atoms with Crippen LogP contribution in [-0.2, 0) is 10.0 Å². The number of benzene rings is 2. The van der Waals surface area contributed by atoms with Crippen LogP contribution in [0.2, 0.25) is 0 Å². The number of sulfonamides is 1. The molecule has 2 aromatic rings. The predicted molar refractivity (Wildman–Crippen MR) is 78.7 cm³/mol. The van der Waals surface area contributed by atoms with Gasteiger partial charge >= 0.3 is 0 Å². The van der Waals surface area contributed by atoms with Crippen molar-refractivity contribution in [3.63, 3.8) is 0 Å². The van der Waals surface area contributed by atoms with E-state index in [1.807, 2.05) is 0 Å². The number of hydrogen-bond donors (Lipinski definition) is 0. The van der Waals surface area contributed by atoms with Crippen molar-refractivity contribution < 1.29 is 12.8 Å². The van der Waals surface area contributed by atoms with Crippen LogP contribution in [0, 0.1) is 5.82 Å². The monoisotopic (exact) mass is 305 g/mol. The molecule has 1 unspecified atom stereocenters. The van der Waals surface area contributed by atoms with Crippen molar-refractivity contribution in [1.29, 1.82) is 0 Å². The van der Waals surface area contributed by atoms with Gasteiger partial charge in [-0.15, -0.1) is 0 Å². The van der Waals surface area contributed by atoms with Gasteiger partial charge in [0.2, 0.25) is 10.0 Å². The molecule has 5 heteroatoms. The normalized spacial score (nSPS) is 19.8. The van der Waals surface area contributed by atoms with E-state index < -0.39 is 10.0 Å². The first-order valence-corrected chi connectivity index (χ1v) is 8.35. The Morgan fingerprint density at radius 3 is 2.33 bits per heavy atom. The van der Waals surface area contributed by atoms with Crippen molar-refractivity contribution in [3.8, 4) is 0 Å². The first-order chi connectivity index (χ1) is 10.1. The van der Waals surface area contributed by atoms with Gasteiger partial charge < -0.3 is 0 Å². The Morgan fingerprint density at radius 1 is 1.00 bits per heavy atom. The molecule has 0 spiro atoms. The van der Waals surface area contributed by atoms with Gasteiger partial charge in [0.05, 0.1) is 10.9 Å². The maximum Gasteiger partial charge on any atom is 0.243 e. The molecular formula is C16H16FNO2S. The summed E-state index contributed by atoms with van der Waals surface area (Å²) in [6.45, 7) is 0.499. The minimum atomic E-state index is -3.51. The van der Waals surface area contributed by atoms with E-state index >= 15 is 0 Å². The lowest BCUT2D eigenvalue weighted by atomic mass is 10.1. The average molecular weight is 305 g/mol. The molecule has 0 amide bonds. The molecule has 1 heterocycles. The van der Waals surface area contributed by atoms with Gasteiger partial charge in [0.1, 0.15) is 5.82 Å². The fourth-order valence-electron chi connectivity index (χ4n) is 2.77. The third-order valence-electron chi connectivity index (χ3n) is 3.81. The molecule has 1 aliphatic heterocycles. The minimum absolute atomic E-state index is 0.212. The maximum atomic E-state index is 13.0. The van der Waals surface area contributed by atoms with Gasteiger partial charge in [-0.2, -0.15) is 4.31 Å². The zero-order valence-corrected chi connectivity index (χ0v) is 12.3. The summed E-state index contributed by atoms with van der Waals surface area (Å²) in [6, 6.07) is 14.3. The SMILES string of the molecule is O=S(=O)(c1ccccc1)N1CCCC1c1ccc(F)cc1. The van der Waals surface area contributed by atoms with Crippen molar-refractivity contribution in [1.82, 2.24) is 4.31 Å². The van der Waals surface area contributed by atoms with E-state index in [1.165, 1.54) is 16.4 Å². The lowest BCUT2D eigenvalue weighted by molar-refractivity contribution is 0.396. The molecule has 1 saturated heterocycles. The Kier molecular flexibility index (Phi) is 3.78. The van der Waals surface area contributed by atoms with Gasteiger partial charge in [0.15, 0.2) is 0 Å². The highest BCUT2D eigenvalue weighted by Crippen LogP contribution is 2.36. The van der Waals surface area contributed by atoms with E-state index in [2.05, 4.69) is 0 Å². The van der Waals surface area contributed by atoms with Crippen molar-refractivity contribution in [2.24, 2.45) is 0 Å². The van der Waals surface area contributed by atoms with Crippen LogP contribution >= 0.6 is 0 Å². The summed E-state index contributed by atoms with van der Waals surface area (Å²) in [7, 11) is -3.51. The number of hydrogen-bond acceptors (Lipinski definition) is 2. The first-order valence-electron chi connectivity index (χ1n) is 6.91. The van der Waals surface area contributed by atoms with E-state index in [4.69, 9.17) is 0 Å². The molecular weight excluding hydrogens is 289 g/mol. The summed E-state index contributed by atoms with van der Waals surface area (Å²) < 4.78 is 40.0. The fourth-order valence-corrected chi connectivity index (χ4v) is 4.48.